The minimum atomic E-state index is -0.822. The molecule has 19 heavy (non-hydrogen) atoms. The van der Waals surface area contributed by atoms with E-state index in [0.29, 0.717) is 17.7 Å². The predicted octanol–water partition coefficient (Wildman–Crippen LogP) is 2.55. The van der Waals surface area contributed by atoms with Gasteiger partial charge in [-0.3, -0.25) is 9.59 Å². The normalized spacial score (nSPS) is 10.1. The maximum atomic E-state index is 11.7. The van der Waals surface area contributed by atoms with Crippen molar-refractivity contribution in [1.82, 2.24) is 0 Å². The van der Waals surface area contributed by atoms with E-state index in [1.807, 2.05) is 0 Å². The summed E-state index contributed by atoms with van der Waals surface area (Å²) in [6.45, 7) is 0. The lowest BCUT2D eigenvalue weighted by molar-refractivity contribution is -0.136. The largest absolute Gasteiger partial charge is 0.481 e. The van der Waals surface area contributed by atoms with Gasteiger partial charge >= 0.3 is 5.97 Å². The Hall–Kier alpha value is -2.56. The number of hydrogen-bond acceptors (Lipinski definition) is 3. The van der Waals surface area contributed by atoms with Crippen molar-refractivity contribution in [3.05, 3.63) is 54.0 Å². The topological polar surface area (TPSA) is 79.5 Å². The first-order valence-corrected chi connectivity index (χ1v) is 5.79. The Morgan fingerprint density at radius 3 is 2.47 bits per heavy atom. The first kappa shape index (κ1) is 12.9. The molecule has 2 N–H and O–H groups in total. The maximum absolute atomic E-state index is 11.7. The summed E-state index contributed by atoms with van der Waals surface area (Å²) in [6.07, 6.45) is 3.38. The molecular formula is C14H13NO4. The van der Waals surface area contributed by atoms with Gasteiger partial charge in [0, 0.05) is 12.1 Å². The molecule has 0 fully saturated rings. The fourth-order valence-corrected chi connectivity index (χ4v) is 1.60. The van der Waals surface area contributed by atoms with E-state index in [1.165, 1.54) is 12.5 Å². The van der Waals surface area contributed by atoms with Crippen molar-refractivity contribution in [2.75, 3.05) is 5.32 Å². The molecule has 5 heteroatoms. The molecule has 1 aromatic heterocycles. The summed E-state index contributed by atoms with van der Waals surface area (Å²) >= 11 is 0. The quantitative estimate of drug-likeness (QED) is 0.864. The van der Waals surface area contributed by atoms with Crippen LogP contribution >= 0.6 is 0 Å². The van der Waals surface area contributed by atoms with Crippen molar-refractivity contribution in [2.45, 2.75) is 12.8 Å². The third-order valence-corrected chi connectivity index (χ3v) is 2.62. The predicted molar refractivity (Wildman–Crippen MR) is 69.1 cm³/mol. The van der Waals surface area contributed by atoms with Gasteiger partial charge in [-0.25, -0.2) is 0 Å². The van der Waals surface area contributed by atoms with Crippen molar-refractivity contribution in [3.8, 4) is 0 Å². The van der Waals surface area contributed by atoms with Crippen LogP contribution in [-0.4, -0.2) is 17.0 Å². The molecule has 0 bridgehead atoms. The monoisotopic (exact) mass is 259 g/mol. The van der Waals surface area contributed by atoms with Crippen LogP contribution in [0.25, 0.3) is 0 Å². The van der Waals surface area contributed by atoms with Gasteiger partial charge in [-0.1, -0.05) is 12.1 Å². The molecule has 0 saturated carbocycles. The SMILES string of the molecule is O=C(O)CCc1ccc(NC(=O)c2ccoc2)cc1. The van der Waals surface area contributed by atoms with Crippen molar-refractivity contribution in [2.24, 2.45) is 0 Å². The third kappa shape index (κ3) is 3.70. The second kappa shape index (κ2) is 5.86. The van der Waals surface area contributed by atoms with Gasteiger partial charge in [0.15, 0.2) is 0 Å². The lowest BCUT2D eigenvalue weighted by Crippen LogP contribution is -2.10. The molecule has 1 amide bonds. The summed E-state index contributed by atoms with van der Waals surface area (Å²) in [6, 6.07) is 8.67. The molecule has 0 radical (unpaired) electrons. The summed E-state index contributed by atoms with van der Waals surface area (Å²) in [7, 11) is 0. The average molecular weight is 259 g/mol. The highest BCUT2D eigenvalue weighted by Gasteiger charge is 2.07. The molecule has 0 aliphatic carbocycles. The maximum Gasteiger partial charge on any atom is 0.303 e. The highest BCUT2D eigenvalue weighted by molar-refractivity contribution is 6.03. The van der Waals surface area contributed by atoms with Gasteiger partial charge in [0.1, 0.15) is 6.26 Å². The lowest BCUT2D eigenvalue weighted by Gasteiger charge is -2.04. The molecule has 0 aliphatic heterocycles. The molecule has 1 heterocycles. The molecule has 0 aliphatic rings. The van der Waals surface area contributed by atoms with E-state index in [9.17, 15) is 9.59 Å². The van der Waals surface area contributed by atoms with Crippen molar-refractivity contribution >= 4 is 17.6 Å². The van der Waals surface area contributed by atoms with E-state index >= 15 is 0 Å². The van der Waals surface area contributed by atoms with Crippen LogP contribution in [0.5, 0.6) is 0 Å². The molecule has 1 aromatic carbocycles. The van der Waals surface area contributed by atoms with Gasteiger partial charge in [-0.05, 0) is 30.2 Å². The Bertz CT molecular complexity index is 558. The van der Waals surface area contributed by atoms with Gasteiger partial charge in [0.25, 0.3) is 5.91 Å². The number of nitrogens with one attached hydrogen (secondary N) is 1. The summed E-state index contributed by atoms with van der Waals surface area (Å²) in [4.78, 5) is 22.2. The van der Waals surface area contributed by atoms with Crippen molar-refractivity contribution in [1.29, 1.82) is 0 Å². The number of hydrogen-bond donors (Lipinski definition) is 2. The minimum absolute atomic E-state index is 0.0979. The van der Waals surface area contributed by atoms with E-state index in [-0.39, 0.29) is 12.3 Å². The van der Waals surface area contributed by atoms with Crippen LogP contribution in [0.4, 0.5) is 5.69 Å². The molecule has 98 valence electrons. The number of carbonyl (C=O) groups is 2. The van der Waals surface area contributed by atoms with Crippen LogP contribution in [0.2, 0.25) is 0 Å². The molecule has 0 atom stereocenters. The number of anilines is 1. The smallest absolute Gasteiger partial charge is 0.303 e. The van der Waals surface area contributed by atoms with Crippen LogP contribution in [0, 0.1) is 0 Å². The van der Waals surface area contributed by atoms with E-state index < -0.39 is 5.97 Å². The Balaban J connectivity index is 1.95. The van der Waals surface area contributed by atoms with E-state index in [1.54, 1.807) is 30.3 Å². The number of aliphatic carboxylic acids is 1. The minimum Gasteiger partial charge on any atom is -0.481 e. The molecule has 5 nitrogen and oxygen atoms in total. The zero-order valence-corrected chi connectivity index (χ0v) is 10.1. The van der Waals surface area contributed by atoms with Crippen LogP contribution < -0.4 is 5.32 Å². The van der Waals surface area contributed by atoms with Crippen LogP contribution in [0.1, 0.15) is 22.3 Å². The summed E-state index contributed by atoms with van der Waals surface area (Å²) in [5.41, 5.74) is 2.03. The fraction of sp³-hybridized carbons (Fsp3) is 0.143. The summed E-state index contributed by atoms with van der Waals surface area (Å²) < 4.78 is 4.83. The van der Waals surface area contributed by atoms with Crippen molar-refractivity contribution in [3.63, 3.8) is 0 Å². The number of carboxylic acid groups (broad SMARTS) is 1. The first-order chi connectivity index (χ1) is 9.15. The molecule has 0 unspecified atom stereocenters. The van der Waals surface area contributed by atoms with E-state index in [4.69, 9.17) is 9.52 Å². The second-order valence-electron chi connectivity index (χ2n) is 4.06. The van der Waals surface area contributed by atoms with Gasteiger partial charge in [-0.15, -0.1) is 0 Å². The van der Waals surface area contributed by atoms with Gasteiger partial charge in [-0.2, -0.15) is 0 Å². The Labute approximate surface area is 109 Å². The molecule has 2 rings (SSSR count). The molecule has 0 spiro atoms. The van der Waals surface area contributed by atoms with Gasteiger partial charge in [0.05, 0.1) is 11.8 Å². The average Bonchev–Trinajstić information content (AvgIpc) is 2.92. The number of amides is 1. The van der Waals surface area contributed by atoms with Gasteiger partial charge in [0.2, 0.25) is 0 Å². The van der Waals surface area contributed by atoms with Crippen LogP contribution in [-0.2, 0) is 11.2 Å². The molecule has 2 aromatic rings. The Morgan fingerprint density at radius 1 is 1.16 bits per heavy atom. The third-order valence-electron chi connectivity index (χ3n) is 2.62. The van der Waals surface area contributed by atoms with Crippen LogP contribution in [0.15, 0.2) is 47.3 Å². The summed E-state index contributed by atoms with van der Waals surface area (Å²) in [5, 5.41) is 11.3. The zero-order chi connectivity index (χ0) is 13.7. The van der Waals surface area contributed by atoms with Crippen molar-refractivity contribution < 1.29 is 19.1 Å². The molecular weight excluding hydrogens is 246 g/mol. The fourth-order valence-electron chi connectivity index (χ4n) is 1.60. The standard InChI is InChI=1S/C14H13NO4/c16-13(17)6-3-10-1-4-12(5-2-10)15-14(18)11-7-8-19-9-11/h1-2,4-5,7-9H,3,6H2,(H,15,18)(H,16,17). The number of furan rings is 1. The zero-order valence-electron chi connectivity index (χ0n) is 10.1. The first-order valence-electron chi connectivity index (χ1n) is 5.79. The van der Waals surface area contributed by atoms with E-state index in [0.717, 1.165) is 5.56 Å². The van der Waals surface area contributed by atoms with Crippen LogP contribution in [0.3, 0.4) is 0 Å². The Kier molecular flexibility index (Phi) is 3.97. The van der Waals surface area contributed by atoms with Gasteiger partial charge < -0.3 is 14.8 Å². The lowest BCUT2D eigenvalue weighted by atomic mass is 10.1. The number of rotatable bonds is 5. The highest BCUT2D eigenvalue weighted by Crippen LogP contribution is 2.12. The number of benzene rings is 1. The second-order valence-corrected chi connectivity index (χ2v) is 4.06. The number of carboxylic acids is 1. The Morgan fingerprint density at radius 2 is 1.89 bits per heavy atom. The van der Waals surface area contributed by atoms with E-state index in [2.05, 4.69) is 5.32 Å². The highest BCUT2D eigenvalue weighted by atomic mass is 16.4. The number of carbonyl (C=O) groups excluding carboxylic acids is 1. The number of aryl methyl sites for hydroxylation is 1. The summed E-state index contributed by atoms with van der Waals surface area (Å²) in [5.74, 6) is -1.07. The molecule has 0 saturated heterocycles.